The Morgan fingerprint density at radius 3 is 2.34 bits per heavy atom. The van der Waals surface area contributed by atoms with Crippen LogP contribution in [-0.4, -0.2) is 58.0 Å². The molecule has 0 spiro atoms. The summed E-state index contributed by atoms with van der Waals surface area (Å²) >= 11 is 6.53. The number of oxazole rings is 1. The van der Waals surface area contributed by atoms with Crippen LogP contribution in [0.1, 0.15) is 82.0 Å². The Morgan fingerprint density at radius 2 is 1.74 bits per heavy atom. The Morgan fingerprint density at radius 1 is 1.06 bits per heavy atom. The van der Waals surface area contributed by atoms with E-state index in [0.29, 0.717) is 49.3 Å². The summed E-state index contributed by atoms with van der Waals surface area (Å²) in [5.41, 5.74) is 9.60. The van der Waals surface area contributed by atoms with Crippen LogP contribution in [0.25, 0.3) is 22.2 Å². The van der Waals surface area contributed by atoms with E-state index in [0.717, 1.165) is 16.7 Å². The van der Waals surface area contributed by atoms with Gasteiger partial charge in [0.15, 0.2) is 5.58 Å². The minimum atomic E-state index is -1.10. The third kappa shape index (κ3) is 9.83. The lowest BCUT2D eigenvalue weighted by Gasteiger charge is -2.36. The van der Waals surface area contributed by atoms with Crippen LogP contribution in [0, 0.1) is 18.8 Å². The van der Waals surface area contributed by atoms with Crippen LogP contribution in [0.3, 0.4) is 0 Å². The number of alkyl carbamates (subject to hydrolysis) is 1. The standard InChI is InChI=1S/C39H47ClN6O7/c1-21(2)43-35(48)30-16-15-28(22(3)44-30)25-11-7-23(8-12-25)17-32(34(41)47)46(27-18-29(40)33-31(19-27)45-38(51)52-33)36(49)26-13-9-24(10-14-26)20-42-37(50)53-39(4,5)6/h7-8,11-12,15-16,18-19,21,24,26,32H,9-10,13-14,17,20H2,1-6H3,(H2,41,47)(H,42,50)(H,43,48)(H,45,51)/t24?,26?,32-/m0/s1. The zero-order valence-corrected chi connectivity index (χ0v) is 31.6. The first kappa shape index (κ1) is 39.0. The molecule has 0 radical (unpaired) electrons. The summed E-state index contributed by atoms with van der Waals surface area (Å²) in [6, 6.07) is 13.0. The lowest BCUT2D eigenvalue weighted by atomic mass is 9.81. The first-order valence-electron chi connectivity index (χ1n) is 17.8. The maximum absolute atomic E-state index is 14.5. The number of aryl methyl sites for hydroxylation is 1. The number of H-pyrrole nitrogens is 1. The maximum atomic E-state index is 14.5. The minimum absolute atomic E-state index is 0.0170. The van der Waals surface area contributed by atoms with Gasteiger partial charge in [-0.15, -0.1) is 0 Å². The number of rotatable bonds is 11. The molecule has 2 aromatic carbocycles. The first-order chi connectivity index (χ1) is 25.0. The summed E-state index contributed by atoms with van der Waals surface area (Å²) in [5.74, 6) is -2.25. The second kappa shape index (κ2) is 16.2. The highest BCUT2D eigenvalue weighted by Crippen LogP contribution is 2.35. The number of amides is 4. The van der Waals surface area contributed by atoms with Crippen molar-refractivity contribution in [3.05, 3.63) is 81.1 Å². The van der Waals surface area contributed by atoms with Gasteiger partial charge in [0.2, 0.25) is 11.8 Å². The van der Waals surface area contributed by atoms with Gasteiger partial charge < -0.3 is 25.5 Å². The van der Waals surface area contributed by atoms with E-state index < -0.39 is 35.3 Å². The van der Waals surface area contributed by atoms with E-state index in [4.69, 9.17) is 26.5 Å². The predicted octanol–water partition coefficient (Wildman–Crippen LogP) is 6.04. The summed E-state index contributed by atoms with van der Waals surface area (Å²) in [7, 11) is 0. The van der Waals surface area contributed by atoms with Crippen molar-refractivity contribution >= 4 is 52.2 Å². The Bertz CT molecular complexity index is 2040. The summed E-state index contributed by atoms with van der Waals surface area (Å²) < 4.78 is 10.5. The normalized spacial score (nSPS) is 16.6. The van der Waals surface area contributed by atoms with Crippen LogP contribution in [0.2, 0.25) is 5.02 Å². The number of halogens is 1. The summed E-state index contributed by atoms with van der Waals surface area (Å²) in [6.45, 7) is 11.4. The number of aromatic amines is 1. The number of anilines is 1. The van der Waals surface area contributed by atoms with Gasteiger partial charge in [0.1, 0.15) is 17.3 Å². The molecule has 13 nitrogen and oxygen atoms in total. The van der Waals surface area contributed by atoms with Crippen molar-refractivity contribution in [2.75, 3.05) is 11.4 Å². The molecule has 1 aliphatic carbocycles. The molecule has 0 aliphatic heterocycles. The number of carbonyl (C=O) groups is 4. The highest BCUT2D eigenvalue weighted by atomic mass is 35.5. The SMILES string of the molecule is Cc1nc(C(=O)NC(C)C)ccc1-c1ccc(C[C@@H](C(N)=O)N(C(=O)C2CCC(CNC(=O)OC(C)(C)C)CC2)c2cc(Cl)c3oc(=O)[nH]c3c2)cc1. The third-order valence-corrected chi connectivity index (χ3v) is 9.46. The van der Waals surface area contributed by atoms with Gasteiger partial charge >= 0.3 is 11.8 Å². The zero-order chi connectivity index (χ0) is 38.6. The zero-order valence-electron chi connectivity index (χ0n) is 30.9. The number of fused-ring (bicyclic) bond motifs is 1. The molecule has 4 aromatic rings. The number of nitrogens with two attached hydrogens (primary N) is 1. The average molecular weight is 747 g/mol. The van der Waals surface area contributed by atoms with E-state index in [9.17, 15) is 24.0 Å². The lowest BCUT2D eigenvalue weighted by molar-refractivity contribution is -0.127. The van der Waals surface area contributed by atoms with E-state index >= 15 is 0 Å². The molecule has 4 amide bonds. The number of primary amides is 1. The third-order valence-electron chi connectivity index (χ3n) is 9.18. The molecule has 1 atom stereocenters. The average Bonchev–Trinajstić information content (AvgIpc) is 3.47. The van der Waals surface area contributed by atoms with E-state index in [1.807, 2.05) is 51.1 Å². The molecule has 0 bridgehead atoms. The Hall–Kier alpha value is -5.17. The topological polar surface area (TPSA) is 190 Å². The molecule has 14 heteroatoms. The molecule has 2 heterocycles. The minimum Gasteiger partial charge on any atom is -0.444 e. The fourth-order valence-corrected chi connectivity index (χ4v) is 6.90. The molecule has 1 aliphatic rings. The van der Waals surface area contributed by atoms with Crippen LogP contribution in [0.15, 0.2) is 57.7 Å². The number of ether oxygens (including phenoxy) is 1. The van der Waals surface area contributed by atoms with Gasteiger partial charge in [-0.2, -0.15) is 0 Å². The molecular formula is C39H47ClN6O7. The number of aromatic nitrogens is 2. The van der Waals surface area contributed by atoms with Gasteiger partial charge in [0, 0.05) is 41.9 Å². The molecule has 1 fully saturated rings. The second-order valence-electron chi connectivity index (χ2n) is 14.9. The number of hydrogen-bond donors (Lipinski definition) is 4. The van der Waals surface area contributed by atoms with E-state index in [1.54, 1.807) is 32.9 Å². The van der Waals surface area contributed by atoms with Crippen molar-refractivity contribution in [3.63, 3.8) is 0 Å². The highest BCUT2D eigenvalue weighted by molar-refractivity contribution is 6.35. The van der Waals surface area contributed by atoms with Gasteiger partial charge in [0.25, 0.3) is 5.91 Å². The fraction of sp³-hybridized carbons (Fsp3) is 0.436. The molecule has 5 N–H and O–H groups in total. The van der Waals surface area contributed by atoms with Crippen LogP contribution in [0.4, 0.5) is 10.5 Å². The van der Waals surface area contributed by atoms with Crippen molar-refractivity contribution in [3.8, 4) is 11.1 Å². The van der Waals surface area contributed by atoms with Gasteiger partial charge in [-0.3, -0.25) is 24.3 Å². The van der Waals surface area contributed by atoms with Crippen LogP contribution in [-0.2, 0) is 20.7 Å². The molecule has 282 valence electrons. The van der Waals surface area contributed by atoms with Crippen LogP contribution < -0.4 is 27.0 Å². The molecular weight excluding hydrogens is 700 g/mol. The molecule has 0 unspecified atom stereocenters. The van der Waals surface area contributed by atoms with Crippen LogP contribution >= 0.6 is 11.6 Å². The van der Waals surface area contributed by atoms with Crippen molar-refractivity contribution in [2.24, 2.45) is 17.6 Å². The van der Waals surface area contributed by atoms with E-state index in [-0.39, 0.29) is 46.3 Å². The van der Waals surface area contributed by atoms with Gasteiger partial charge in [-0.25, -0.2) is 14.6 Å². The second-order valence-corrected chi connectivity index (χ2v) is 15.3. The summed E-state index contributed by atoms with van der Waals surface area (Å²) in [4.78, 5) is 72.9. The Balaban J connectivity index is 1.38. The van der Waals surface area contributed by atoms with Crippen molar-refractivity contribution in [1.82, 2.24) is 20.6 Å². The number of benzene rings is 2. The van der Waals surface area contributed by atoms with Crippen LogP contribution in [0.5, 0.6) is 0 Å². The molecule has 53 heavy (non-hydrogen) atoms. The van der Waals surface area contributed by atoms with Gasteiger partial charge in [0.05, 0.1) is 10.5 Å². The summed E-state index contributed by atoms with van der Waals surface area (Å²) in [5, 5.41) is 5.77. The molecule has 0 saturated heterocycles. The van der Waals surface area contributed by atoms with Crippen molar-refractivity contribution in [2.45, 2.75) is 91.3 Å². The number of nitrogens with one attached hydrogen (secondary N) is 3. The highest BCUT2D eigenvalue weighted by Gasteiger charge is 2.37. The Kier molecular flexibility index (Phi) is 12.0. The fourth-order valence-electron chi connectivity index (χ4n) is 6.65. The number of hydrogen-bond acceptors (Lipinski definition) is 8. The first-order valence-corrected chi connectivity index (χ1v) is 18.2. The van der Waals surface area contributed by atoms with Crippen molar-refractivity contribution < 1.29 is 28.3 Å². The van der Waals surface area contributed by atoms with E-state index in [1.165, 1.54) is 11.0 Å². The van der Waals surface area contributed by atoms with Gasteiger partial charge in [-0.05, 0) is 102 Å². The largest absolute Gasteiger partial charge is 0.444 e. The van der Waals surface area contributed by atoms with Gasteiger partial charge in [-0.1, -0.05) is 41.9 Å². The molecule has 1 saturated carbocycles. The lowest BCUT2D eigenvalue weighted by Crippen LogP contribution is -2.52. The smallest absolute Gasteiger partial charge is 0.417 e. The molecule has 2 aromatic heterocycles. The van der Waals surface area contributed by atoms with E-state index in [2.05, 4.69) is 20.6 Å². The Labute approximate surface area is 313 Å². The number of nitrogens with zero attached hydrogens (tertiary/aromatic N) is 2. The maximum Gasteiger partial charge on any atom is 0.417 e. The summed E-state index contributed by atoms with van der Waals surface area (Å²) in [6.07, 6.45) is 2.02. The number of pyridine rings is 1. The van der Waals surface area contributed by atoms with Crippen molar-refractivity contribution in [1.29, 1.82) is 0 Å². The number of carbonyl (C=O) groups excluding carboxylic acids is 4. The predicted molar refractivity (Wildman–Crippen MR) is 203 cm³/mol. The monoisotopic (exact) mass is 746 g/mol. The molecule has 5 rings (SSSR count). The quantitative estimate of drug-likeness (QED) is 0.143.